The second-order valence-corrected chi connectivity index (χ2v) is 5.95. The van der Waals surface area contributed by atoms with E-state index in [0.717, 1.165) is 32.4 Å². The van der Waals surface area contributed by atoms with Crippen molar-refractivity contribution in [2.75, 3.05) is 39.4 Å². The molecule has 2 fully saturated rings. The summed E-state index contributed by atoms with van der Waals surface area (Å²) in [5, 5.41) is 2.98. The Hall–Kier alpha value is -0.650. The first-order valence-corrected chi connectivity index (χ1v) is 7.37. The van der Waals surface area contributed by atoms with Gasteiger partial charge >= 0.3 is 0 Å². The van der Waals surface area contributed by atoms with Gasteiger partial charge < -0.3 is 14.8 Å². The lowest BCUT2D eigenvalue weighted by Gasteiger charge is -2.38. The molecular formula is C14H26N2O3. The van der Waals surface area contributed by atoms with E-state index >= 15 is 0 Å². The number of nitrogens with zero attached hydrogens (tertiary/aromatic N) is 1. The summed E-state index contributed by atoms with van der Waals surface area (Å²) in [6.45, 7) is 8.55. The molecule has 0 aliphatic carbocycles. The highest BCUT2D eigenvalue weighted by atomic mass is 16.7. The Kier molecular flexibility index (Phi) is 5.19. The van der Waals surface area contributed by atoms with Crippen LogP contribution in [0.1, 0.15) is 33.1 Å². The number of likely N-dealkylation sites (tertiary alicyclic amines) is 1. The van der Waals surface area contributed by atoms with Crippen molar-refractivity contribution >= 4 is 5.91 Å². The summed E-state index contributed by atoms with van der Waals surface area (Å²) in [5.41, 5.74) is 0. The molecule has 1 spiro atoms. The largest absolute Gasteiger partial charge is 0.355 e. The molecule has 2 aliphatic rings. The van der Waals surface area contributed by atoms with Crippen LogP contribution in [-0.4, -0.2) is 56.0 Å². The fourth-order valence-electron chi connectivity index (χ4n) is 2.70. The fraction of sp³-hybridized carbons (Fsp3) is 0.929. The van der Waals surface area contributed by atoms with E-state index in [4.69, 9.17) is 9.47 Å². The number of carbonyl (C=O) groups excluding carboxylic acids is 1. The normalized spacial score (nSPS) is 23.1. The lowest BCUT2D eigenvalue weighted by molar-refractivity contribution is -0.189. The molecule has 0 aromatic rings. The van der Waals surface area contributed by atoms with Crippen LogP contribution in [0, 0.1) is 5.92 Å². The molecule has 0 aromatic heterocycles. The number of carbonyl (C=O) groups is 1. The molecule has 19 heavy (non-hydrogen) atoms. The van der Waals surface area contributed by atoms with Crippen molar-refractivity contribution in [1.29, 1.82) is 0 Å². The van der Waals surface area contributed by atoms with E-state index in [1.54, 1.807) is 0 Å². The monoisotopic (exact) mass is 270 g/mol. The molecule has 2 aliphatic heterocycles. The van der Waals surface area contributed by atoms with Crippen molar-refractivity contribution in [3.8, 4) is 0 Å². The molecule has 0 unspecified atom stereocenters. The van der Waals surface area contributed by atoms with E-state index in [1.165, 1.54) is 0 Å². The highest BCUT2D eigenvalue weighted by Crippen LogP contribution is 2.29. The molecule has 0 radical (unpaired) electrons. The van der Waals surface area contributed by atoms with Gasteiger partial charge in [-0.05, 0) is 25.3 Å². The minimum atomic E-state index is -0.434. The first-order chi connectivity index (χ1) is 9.10. The van der Waals surface area contributed by atoms with Gasteiger partial charge in [0.25, 0.3) is 0 Å². The minimum Gasteiger partial charge on any atom is -0.355 e. The number of amides is 1. The highest BCUT2D eigenvalue weighted by molar-refractivity contribution is 5.77. The lowest BCUT2D eigenvalue weighted by Crippen LogP contribution is -2.51. The first-order valence-electron chi connectivity index (χ1n) is 7.37. The molecule has 110 valence electrons. The van der Waals surface area contributed by atoms with Crippen LogP contribution in [0.2, 0.25) is 0 Å². The van der Waals surface area contributed by atoms with Crippen LogP contribution in [-0.2, 0) is 14.3 Å². The van der Waals surface area contributed by atoms with Crippen LogP contribution < -0.4 is 5.32 Å². The van der Waals surface area contributed by atoms with Gasteiger partial charge in [0.15, 0.2) is 5.79 Å². The Morgan fingerprint density at radius 3 is 2.79 bits per heavy atom. The molecule has 2 heterocycles. The number of ether oxygens (including phenoxy) is 2. The zero-order valence-electron chi connectivity index (χ0n) is 12.1. The molecule has 0 bridgehead atoms. The number of piperidine rings is 1. The molecule has 0 saturated carbocycles. The quantitative estimate of drug-likeness (QED) is 0.809. The zero-order valence-corrected chi connectivity index (χ0v) is 12.1. The van der Waals surface area contributed by atoms with Crippen LogP contribution in [0.15, 0.2) is 0 Å². The van der Waals surface area contributed by atoms with Crippen molar-refractivity contribution in [1.82, 2.24) is 10.2 Å². The Morgan fingerprint density at radius 1 is 1.37 bits per heavy atom. The third-order valence-electron chi connectivity index (χ3n) is 3.72. The highest BCUT2D eigenvalue weighted by Gasteiger charge is 2.40. The van der Waals surface area contributed by atoms with Crippen LogP contribution in [0.3, 0.4) is 0 Å². The topological polar surface area (TPSA) is 50.8 Å². The van der Waals surface area contributed by atoms with Crippen molar-refractivity contribution in [3.05, 3.63) is 0 Å². The molecule has 5 nitrogen and oxygen atoms in total. The van der Waals surface area contributed by atoms with E-state index in [-0.39, 0.29) is 5.91 Å². The molecule has 1 N–H and O–H groups in total. The number of hydrogen-bond donors (Lipinski definition) is 1. The van der Waals surface area contributed by atoms with Crippen molar-refractivity contribution in [2.45, 2.75) is 38.9 Å². The van der Waals surface area contributed by atoms with E-state index in [9.17, 15) is 4.79 Å². The van der Waals surface area contributed by atoms with Gasteiger partial charge in [0.2, 0.25) is 5.91 Å². The van der Waals surface area contributed by atoms with Gasteiger partial charge in [0.05, 0.1) is 26.3 Å². The number of rotatable bonds is 5. The zero-order chi connectivity index (χ0) is 13.7. The van der Waals surface area contributed by atoms with Gasteiger partial charge in [-0.1, -0.05) is 13.8 Å². The van der Waals surface area contributed by atoms with Crippen molar-refractivity contribution in [3.63, 3.8) is 0 Å². The molecule has 0 atom stereocenters. The minimum absolute atomic E-state index is 0.107. The Bertz CT molecular complexity index is 301. The summed E-state index contributed by atoms with van der Waals surface area (Å²) in [6, 6.07) is 0. The maximum Gasteiger partial charge on any atom is 0.234 e. The van der Waals surface area contributed by atoms with E-state index in [1.807, 2.05) is 0 Å². The summed E-state index contributed by atoms with van der Waals surface area (Å²) in [7, 11) is 0. The van der Waals surface area contributed by atoms with E-state index in [2.05, 4.69) is 24.1 Å². The van der Waals surface area contributed by atoms with Gasteiger partial charge in [0, 0.05) is 13.0 Å². The predicted molar refractivity (Wildman–Crippen MR) is 72.8 cm³/mol. The maximum atomic E-state index is 11.9. The number of hydrogen-bond acceptors (Lipinski definition) is 4. The van der Waals surface area contributed by atoms with Gasteiger partial charge in [-0.15, -0.1) is 0 Å². The standard InChI is InChI=1S/C14H26N2O3/c1-12(2)4-6-15-13(17)10-16-7-3-5-14(11-16)18-8-9-19-14/h12H,3-11H2,1-2H3,(H,15,17). The van der Waals surface area contributed by atoms with Crippen molar-refractivity contribution in [2.24, 2.45) is 5.92 Å². The first kappa shape index (κ1) is 14.8. The molecule has 5 heteroatoms. The SMILES string of the molecule is CC(C)CCNC(=O)CN1CCCC2(C1)OCCO2. The third-order valence-corrected chi connectivity index (χ3v) is 3.72. The van der Waals surface area contributed by atoms with Gasteiger partial charge in [0.1, 0.15) is 0 Å². The van der Waals surface area contributed by atoms with Crippen LogP contribution in [0.25, 0.3) is 0 Å². The summed E-state index contributed by atoms with van der Waals surface area (Å²) in [6.07, 6.45) is 3.00. The summed E-state index contributed by atoms with van der Waals surface area (Å²) in [4.78, 5) is 14.0. The van der Waals surface area contributed by atoms with Crippen LogP contribution >= 0.6 is 0 Å². The lowest BCUT2D eigenvalue weighted by atomic mass is 10.0. The van der Waals surface area contributed by atoms with Gasteiger partial charge in [-0.2, -0.15) is 0 Å². The summed E-state index contributed by atoms with van der Waals surface area (Å²) < 4.78 is 11.4. The third kappa shape index (κ3) is 4.44. The average Bonchev–Trinajstić information content (AvgIpc) is 2.76. The molecule has 2 rings (SSSR count). The van der Waals surface area contributed by atoms with Crippen molar-refractivity contribution < 1.29 is 14.3 Å². The molecule has 2 saturated heterocycles. The smallest absolute Gasteiger partial charge is 0.234 e. The summed E-state index contributed by atoms with van der Waals surface area (Å²) in [5.74, 6) is 0.297. The van der Waals surface area contributed by atoms with Crippen LogP contribution in [0.5, 0.6) is 0 Å². The van der Waals surface area contributed by atoms with E-state index in [0.29, 0.717) is 32.2 Å². The Morgan fingerprint density at radius 2 is 2.11 bits per heavy atom. The van der Waals surface area contributed by atoms with Gasteiger partial charge in [-0.25, -0.2) is 0 Å². The number of nitrogens with one attached hydrogen (secondary N) is 1. The second-order valence-electron chi connectivity index (χ2n) is 5.95. The van der Waals surface area contributed by atoms with Gasteiger partial charge in [-0.3, -0.25) is 9.69 Å². The Balaban J connectivity index is 1.71. The maximum absolute atomic E-state index is 11.9. The van der Waals surface area contributed by atoms with E-state index < -0.39 is 5.79 Å². The summed E-state index contributed by atoms with van der Waals surface area (Å²) >= 11 is 0. The molecular weight excluding hydrogens is 244 g/mol. The fourth-order valence-corrected chi connectivity index (χ4v) is 2.70. The second kappa shape index (κ2) is 6.68. The predicted octanol–water partition coefficient (Wildman–Crippen LogP) is 0.988. The molecule has 0 aromatic carbocycles. The average molecular weight is 270 g/mol. The Labute approximate surface area is 115 Å². The molecule has 1 amide bonds. The van der Waals surface area contributed by atoms with Crippen LogP contribution in [0.4, 0.5) is 0 Å².